The van der Waals surface area contributed by atoms with E-state index in [1.54, 1.807) is 12.1 Å². The molecule has 106 valence electrons. The zero-order valence-electron chi connectivity index (χ0n) is 11.9. The molecular weight excluding hydrogens is 273 g/mol. The van der Waals surface area contributed by atoms with E-state index in [2.05, 4.69) is 18.8 Å². The fraction of sp³-hybridized carbons (Fsp3) is 0.353. The number of halogens is 2. The smallest absolute Gasteiger partial charge is 0.128 e. The lowest BCUT2D eigenvalue weighted by atomic mass is 10.0. The Balaban J connectivity index is 2.11. The van der Waals surface area contributed by atoms with Crippen LogP contribution in [0.5, 0.6) is 0 Å². The summed E-state index contributed by atoms with van der Waals surface area (Å²) in [5, 5.41) is 0.466. The van der Waals surface area contributed by atoms with Crippen LogP contribution in [0.4, 0.5) is 4.39 Å². The topological polar surface area (TPSA) is 12.9 Å². The SMILES string of the molecule is CCC(C)Cc1ccc(Cc2c(F)cccc2Cl)cn1. The number of hydrogen-bond acceptors (Lipinski definition) is 1. The van der Waals surface area contributed by atoms with Crippen molar-refractivity contribution in [3.63, 3.8) is 0 Å². The highest BCUT2D eigenvalue weighted by Gasteiger charge is 2.08. The molecule has 1 aromatic heterocycles. The standard InChI is InChI=1S/C17H19ClFN/c1-3-12(2)9-14-8-7-13(11-20-14)10-15-16(18)5-4-6-17(15)19/h4-8,11-12H,3,9-10H2,1-2H3. The van der Waals surface area contributed by atoms with Gasteiger partial charge in [0.2, 0.25) is 0 Å². The highest BCUT2D eigenvalue weighted by atomic mass is 35.5. The van der Waals surface area contributed by atoms with E-state index in [1.807, 2.05) is 18.3 Å². The second kappa shape index (κ2) is 6.85. The summed E-state index contributed by atoms with van der Waals surface area (Å²) in [5.74, 6) is 0.371. The predicted molar refractivity (Wildman–Crippen MR) is 81.6 cm³/mol. The van der Waals surface area contributed by atoms with E-state index in [1.165, 1.54) is 6.07 Å². The van der Waals surface area contributed by atoms with Crippen LogP contribution in [0.1, 0.15) is 37.1 Å². The van der Waals surface area contributed by atoms with Crippen molar-refractivity contribution < 1.29 is 4.39 Å². The van der Waals surface area contributed by atoms with Crippen LogP contribution in [-0.4, -0.2) is 4.98 Å². The molecule has 0 radical (unpaired) electrons. The summed E-state index contributed by atoms with van der Waals surface area (Å²) in [6, 6.07) is 8.80. The molecule has 0 N–H and O–H groups in total. The summed E-state index contributed by atoms with van der Waals surface area (Å²) in [5.41, 5.74) is 2.60. The summed E-state index contributed by atoms with van der Waals surface area (Å²) in [7, 11) is 0. The van der Waals surface area contributed by atoms with Crippen LogP contribution in [0.2, 0.25) is 5.02 Å². The van der Waals surface area contributed by atoms with Crippen LogP contribution in [-0.2, 0) is 12.8 Å². The molecule has 0 saturated heterocycles. The zero-order valence-corrected chi connectivity index (χ0v) is 12.6. The minimum atomic E-state index is -0.263. The predicted octanol–water partition coefficient (Wildman–Crippen LogP) is 5.05. The Bertz CT molecular complexity index is 545. The molecule has 1 atom stereocenters. The molecular formula is C17H19ClFN. The number of pyridine rings is 1. The minimum absolute atomic E-state index is 0.263. The van der Waals surface area contributed by atoms with E-state index < -0.39 is 0 Å². The van der Waals surface area contributed by atoms with Crippen molar-refractivity contribution in [2.45, 2.75) is 33.1 Å². The fourth-order valence-electron chi connectivity index (χ4n) is 2.09. The first-order chi connectivity index (χ1) is 9.60. The van der Waals surface area contributed by atoms with Gasteiger partial charge in [0.15, 0.2) is 0 Å². The summed E-state index contributed by atoms with van der Waals surface area (Å²) >= 11 is 6.04. The van der Waals surface area contributed by atoms with Gasteiger partial charge in [0.25, 0.3) is 0 Å². The van der Waals surface area contributed by atoms with E-state index in [0.717, 1.165) is 24.1 Å². The Hall–Kier alpha value is -1.41. The Morgan fingerprint density at radius 1 is 1.25 bits per heavy atom. The fourth-order valence-corrected chi connectivity index (χ4v) is 2.32. The third-order valence-electron chi connectivity index (χ3n) is 3.58. The molecule has 0 amide bonds. The summed E-state index contributed by atoms with van der Waals surface area (Å²) in [4.78, 5) is 4.46. The minimum Gasteiger partial charge on any atom is -0.261 e. The summed E-state index contributed by atoms with van der Waals surface area (Å²) < 4.78 is 13.7. The van der Waals surface area contributed by atoms with Crippen molar-refractivity contribution in [1.82, 2.24) is 4.98 Å². The first-order valence-corrected chi connectivity index (χ1v) is 7.34. The van der Waals surface area contributed by atoms with Gasteiger partial charge in [-0.1, -0.05) is 44.0 Å². The lowest BCUT2D eigenvalue weighted by Crippen LogP contribution is -2.01. The number of nitrogens with zero attached hydrogens (tertiary/aromatic N) is 1. The molecule has 3 heteroatoms. The average molecular weight is 292 g/mol. The molecule has 1 heterocycles. The molecule has 0 aliphatic rings. The van der Waals surface area contributed by atoms with Crippen molar-refractivity contribution in [3.05, 3.63) is 64.2 Å². The van der Waals surface area contributed by atoms with E-state index in [9.17, 15) is 4.39 Å². The Morgan fingerprint density at radius 2 is 2.05 bits per heavy atom. The molecule has 0 fully saturated rings. The van der Waals surface area contributed by atoms with Gasteiger partial charge in [0, 0.05) is 28.9 Å². The molecule has 0 bridgehead atoms. The number of rotatable bonds is 5. The first-order valence-electron chi connectivity index (χ1n) is 6.96. The van der Waals surface area contributed by atoms with Gasteiger partial charge in [-0.2, -0.15) is 0 Å². The maximum Gasteiger partial charge on any atom is 0.128 e. The lowest BCUT2D eigenvalue weighted by molar-refractivity contribution is 0.552. The highest BCUT2D eigenvalue weighted by Crippen LogP contribution is 2.22. The highest BCUT2D eigenvalue weighted by molar-refractivity contribution is 6.31. The number of hydrogen-bond donors (Lipinski definition) is 0. The van der Waals surface area contributed by atoms with Crippen LogP contribution in [0.15, 0.2) is 36.5 Å². The largest absolute Gasteiger partial charge is 0.261 e. The second-order valence-corrected chi connectivity index (χ2v) is 5.66. The maximum atomic E-state index is 13.7. The Labute approximate surface area is 124 Å². The zero-order chi connectivity index (χ0) is 14.5. The van der Waals surface area contributed by atoms with Crippen molar-refractivity contribution in [2.75, 3.05) is 0 Å². The van der Waals surface area contributed by atoms with Crippen LogP contribution in [0, 0.1) is 11.7 Å². The van der Waals surface area contributed by atoms with E-state index in [4.69, 9.17) is 11.6 Å². The molecule has 0 aliphatic carbocycles. The number of aromatic nitrogens is 1. The second-order valence-electron chi connectivity index (χ2n) is 5.25. The van der Waals surface area contributed by atoms with Crippen molar-refractivity contribution in [1.29, 1.82) is 0 Å². The van der Waals surface area contributed by atoms with Crippen molar-refractivity contribution in [2.24, 2.45) is 5.92 Å². The molecule has 2 rings (SSSR count). The summed E-state index contributed by atoms with van der Waals surface area (Å²) in [6.07, 6.45) is 4.42. The Morgan fingerprint density at radius 3 is 2.65 bits per heavy atom. The molecule has 0 spiro atoms. The molecule has 20 heavy (non-hydrogen) atoms. The normalized spacial score (nSPS) is 12.4. The third-order valence-corrected chi connectivity index (χ3v) is 3.94. The van der Waals surface area contributed by atoms with Gasteiger partial charge < -0.3 is 0 Å². The van der Waals surface area contributed by atoms with Gasteiger partial charge >= 0.3 is 0 Å². The molecule has 0 saturated carbocycles. The van der Waals surface area contributed by atoms with Crippen molar-refractivity contribution >= 4 is 11.6 Å². The van der Waals surface area contributed by atoms with Gasteiger partial charge in [-0.25, -0.2) is 4.39 Å². The van der Waals surface area contributed by atoms with Crippen LogP contribution in [0.3, 0.4) is 0 Å². The van der Waals surface area contributed by atoms with Gasteiger partial charge in [0.1, 0.15) is 5.82 Å². The quantitative estimate of drug-likeness (QED) is 0.751. The lowest BCUT2D eigenvalue weighted by Gasteiger charge is -2.09. The molecule has 2 aromatic rings. The molecule has 0 aliphatic heterocycles. The third kappa shape index (κ3) is 3.80. The molecule has 1 nitrogen and oxygen atoms in total. The number of benzene rings is 1. The summed E-state index contributed by atoms with van der Waals surface area (Å²) in [6.45, 7) is 4.40. The Kier molecular flexibility index (Phi) is 5.13. The van der Waals surface area contributed by atoms with Crippen LogP contribution < -0.4 is 0 Å². The van der Waals surface area contributed by atoms with Gasteiger partial charge in [-0.3, -0.25) is 4.98 Å². The van der Waals surface area contributed by atoms with Crippen LogP contribution in [0.25, 0.3) is 0 Å². The van der Waals surface area contributed by atoms with Crippen molar-refractivity contribution in [3.8, 4) is 0 Å². The van der Waals surface area contributed by atoms with Gasteiger partial charge in [-0.15, -0.1) is 0 Å². The average Bonchev–Trinajstić information content (AvgIpc) is 2.44. The molecule has 1 aromatic carbocycles. The van der Waals surface area contributed by atoms with Crippen LogP contribution >= 0.6 is 11.6 Å². The van der Waals surface area contributed by atoms with E-state index in [-0.39, 0.29) is 5.82 Å². The molecule has 1 unspecified atom stereocenters. The van der Waals surface area contributed by atoms with E-state index in [0.29, 0.717) is 22.9 Å². The maximum absolute atomic E-state index is 13.7. The first kappa shape index (κ1) is 15.0. The van der Waals surface area contributed by atoms with Gasteiger partial charge in [0.05, 0.1) is 0 Å². The monoisotopic (exact) mass is 291 g/mol. The van der Waals surface area contributed by atoms with E-state index >= 15 is 0 Å². The van der Waals surface area contributed by atoms with Gasteiger partial charge in [-0.05, 0) is 36.1 Å².